The van der Waals surface area contributed by atoms with Gasteiger partial charge >= 0.3 is 0 Å². The van der Waals surface area contributed by atoms with Crippen LogP contribution in [0.15, 0.2) is 27.2 Å². The molecule has 0 aromatic carbocycles. The molecule has 14 heavy (non-hydrogen) atoms. The van der Waals surface area contributed by atoms with E-state index in [2.05, 4.69) is 28.1 Å². The molecule has 0 aliphatic heterocycles. The first kappa shape index (κ1) is 8.71. The van der Waals surface area contributed by atoms with Crippen molar-refractivity contribution < 1.29 is 0 Å². The molecule has 0 spiro atoms. The molecule has 3 aromatic rings. The molecule has 0 fully saturated rings. The van der Waals surface area contributed by atoms with Gasteiger partial charge in [-0.1, -0.05) is 0 Å². The van der Waals surface area contributed by atoms with E-state index in [0.717, 1.165) is 5.52 Å². The Morgan fingerprint density at radius 3 is 3.07 bits per heavy atom. The highest BCUT2D eigenvalue weighted by atomic mass is 32.2. The Morgan fingerprint density at radius 2 is 2.21 bits per heavy atom. The highest BCUT2D eigenvalue weighted by Gasteiger charge is 2.08. The minimum atomic E-state index is 1.16. The van der Waals surface area contributed by atoms with Gasteiger partial charge in [0.05, 0.1) is 14.4 Å². The van der Waals surface area contributed by atoms with Crippen molar-refractivity contribution >= 4 is 55.4 Å². The Balaban J connectivity index is 2.52. The number of hydrogen-bond acceptors (Lipinski definition) is 4. The largest absolute Gasteiger partial charge is 0.253 e. The maximum atomic E-state index is 4.51. The van der Waals surface area contributed by atoms with Gasteiger partial charge < -0.3 is 0 Å². The van der Waals surface area contributed by atoms with E-state index in [9.17, 15) is 0 Å². The van der Waals surface area contributed by atoms with Crippen molar-refractivity contribution in [2.24, 2.45) is 0 Å². The number of fused-ring (bicyclic) bond motifs is 3. The SMILES string of the molecule is CSc1scc2c1ncc1sccc12. The van der Waals surface area contributed by atoms with Gasteiger partial charge in [-0.3, -0.25) is 4.98 Å². The number of thiophene rings is 2. The lowest BCUT2D eigenvalue weighted by molar-refractivity contribution is 1.44. The summed E-state index contributed by atoms with van der Waals surface area (Å²) in [7, 11) is 0. The predicted octanol–water partition coefficient (Wildman–Crippen LogP) is 4.23. The molecule has 0 aliphatic rings. The summed E-state index contributed by atoms with van der Waals surface area (Å²) in [6.45, 7) is 0. The van der Waals surface area contributed by atoms with Gasteiger partial charge in [-0.25, -0.2) is 0 Å². The summed E-state index contributed by atoms with van der Waals surface area (Å²) in [5.41, 5.74) is 1.16. The molecule has 3 aromatic heterocycles. The zero-order valence-electron chi connectivity index (χ0n) is 7.48. The van der Waals surface area contributed by atoms with Gasteiger partial charge in [-0.2, -0.15) is 0 Å². The second-order valence-electron chi connectivity index (χ2n) is 2.95. The molecular weight excluding hydrogens is 230 g/mol. The zero-order chi connectivity index (χ0) is 9.54. The van der Waals surface area contributed by atoms with Gasteiger partial charge in [-0.05, 0) is 17.7 Å². The molecule has 3 heterocycles. The molecular formula is C10H7NS3. The lowest BCUT2D eigenvalue weighted by Crippen LogP contribution is -1.74. The molecule has 0 bridgehead atoms. The molecule has 0 atom stereocenters. The van der Waals surface area contributed by atoms with Crippen LogP contribution in [0.25, 0.3) is 21.0 Å². The van der Waals surface area contributed by atoms with Crippen LogP contribution in [0.5, 0.6) is 0 Å². The van der Waals surface area contributed by atoms with Crippen molar-refractivity contribution in [2.75, 3.05) is 6.26 Å². The highest BCUT2D eigenvalue weighted by molar-refractivity contribution is 8.00. The average Bonchev–Trinajstić information content (AvgIpc) is 2.82. The van der Waals surface area contributed by atoms with Gasteiger partial charge in [0, 0.05) is 22.3 Å². The molecule has 0 unspecified atom stereocenters. The maximum Gasteiger partial charge on any atom is 0.0953 e. The van der Waals surface area contributed by atoms with E-state index in [1.54, 1.807) is 34.4 Å². The number of rotatable bonds is 1. The standard InChI is InChI=1S/C10H7NS3/c1-12-10-9-7(5-14-10)6-2-3-13-8(6)4-11-9/h2-5H,1H3. The van der Waals surface area contributed by atoms with E-state index in [-0.39, 0.29) is 0 Å². The minimum absolute atomic E-state index is 1.16. The molecule has 0 saturated heterocycles. The Bertz CT molecular complexity index is 593. The van der Waals surface area contributed by atoms with E-state index in [4.69, 9.17) is 0 Å². The molecule has 4 heteroatoms. The third kappa shape index (κ3) is 1.11. The number of thioether (sulfide) groups is 1. The van der Waals surface area contributed by atoms with Crippen molar-refractivity contribution in [1.29, 1.82) is 0 Å². The lowest BCUT2D eigenvalue weighted by Gasteiger charge is -1.93. The van der Waals surface area contributed by atoms with E-state index in [1.807, 2.05) is 6.20 Å². The Morgan fingerprint density at radius 1 is 1.29 bits per heavy atom. The van der Waals surface area contributed by atoms with E-state index < -0.39 is 0 Å². The fraction of sp³-hybridized carbons (Fsp3) is 0.100. The Hall–Kier alpha value is -0.580. The fourth-order valence-corrected chi connectivity index (χ4v) is 3.95. The molecule has 3 rings (SSSR count). The van der Waals surface area contributed by atoms with Crippen molar-refractivity contribution in [1.82, 2.24) is 4.98 Å². The van der Waals surface area contributed by atoms with E-state index in [0.29, 0.717) is 0 Å². The monoisotopic (exact) mass is 237 g/mol. The van der Waals surface area contributed by atoms with Crippen molar-refractivity contribution in [3.63, 3.8) is 0 Å². The topological polar surface area (TPSA) is 12.9 Å². The van der Waals surface area contributed by atoms with Gasteiger partial charge in [0.1, 0.15) is 0 Å². The summed E-state index contributed by atoms with van der Waals surface area (Å²) in [5, 5.41) is 6.99. The number of nitrogens with zero attached hydrogens (tertiary/aromatic N) is 1. The lowest BCUT2D eigenvalue weighted by atomic mass is 10.2. The third-order valence-electron chi connectivity index (χ3n) is 2.21. The Labute approximate surface area is 93.8 Å². The number of aromatic nitrogens is 1. The Kier molecular flexibility index (Phi) is 2.00. The van der Waals surface area contributed by atoms with Crippen LogP contribution in [-0.2, 0) is 0 Å². The van der Waals surface area contributed by atoms with Crippen molar-refractivity contribution in [2.45, 2.75) is 4.21 Å². The van der Waals surface area contributed by atoms with Crippen LogP contribution in [0.1, 0.15) is 0 Å². The molecule has 70 valence electrons. The summed E-state index contributed by atoms with van der Waals surface area (Å²) in [6, 6.07) is 2.18. The second kappa shape index (κ2) is 3.22. The summed E-state index contributed by atoms with van der Waals surface area (Å²) in [4.78, 5) is 4.51. The predicted molar refractivity (Wildman–Crippen MR) is 66.8 cm³/mol. The molecule has 1 nitrogen and oxygen atoms in total. The molecule has 0 radical (unpaired) electrons. The van der Waals surface area contributed by atoms with E-state index in [1.165, 1.54) is 19.7 Å². The summed E-state index contributed by atoms with van der Waals surface area (Å²) in [5.74, 6) is 0. The summed E-state index contributed by atoms with van der Waals surface area (Å²) in [6.07, 6.45) is 4.08. The van der Waals surface area contributed by atoms with E-state index >= 15 is 0 Å². The van der Waals surface area contributed by atoms with Gasteiger partial charge in [0.15, 0.2) is 0 Å². The first-order valence-electron chi connectivity index (χ1n) is 4.17. The highest BCUT2D eigenvalue weighted by Crippen LogP contribution is 2.36. The van der Waals surface area contributed by atoms with Gasteiger partial charge in [0.2, 0.25) is 0 Å². The first-order valence-corrected chi connectivity index (χ1v) is 7.16. The average molecular weight is 237 g/mol. The third-order valence-corrected chi connectivity index (χ3v) is 5.18. The number of pyridine rings is 1. The summed E-state index contributed by atoms with van der Waals surface area (Å²) >= 11 is 5.32. The molecule has 0 amide bonds. The quantitative estimate of drug-likeness (QED) is 0.587. The molecule has 0 N–H and O–H groups in total. The van der Waals surface area contributed by atoms with Crippen LogP contribution < -0.4 is 0 Å². The molecule has 0 saturated carbocycles. The first-order chi connectivity index (χ1) is 6.90. The smallest absolute Gasteiger partial charge is 0.0953 e. The fourth-order valence-electron chi connectivity index (χ4n) is 1.56. The van der Waals surface area contributed by atoms with Crippen LogP contribution in [0.2, 0.25) is 0 Å². The van der Waals surface area contributed by atoms with Crippen LogP contribution in [-0.4, -0.2) is 11.2 Å². The number of hydrogen-bond donors (Lipinski definition) is 0. The normalized spacial score (nSPS) is 11.5. The zero-order valence-corrected chi connectivity index (χ0v) is 9.93. The summed E-state index contributed by atoms with van der Waals surface area (Å²) < 4.78 is 2.59. The second-order valence-corrected chi connectivity index (χ2v) is 5.85. The maximum absolute atomic E-state index is 4.51. The van der Waals surface area contributed by atoms with Crippen LogP contribution in [0, 0.1) is 0 Å². The van der Waals surface area contributed by atoms with Gasteiger partial charge in [0.25, 0.3) is 0 Å². The van der Waals surface area contributed by atoms with Crippen LogP contribution >= 0.6 is 34.4 Å². The molecule has 0 aliphatic carbocycles. The van der Waals surface area contributed by atoms with Crippen LogP contribution in [0.4, 0.5) is 0 Å². The van der Waals surface area contributed by atoms with Crippen LogP contribution in [0.3, 0.4) is 0 Å². The minimum Gasteiger partial charge on any atom is -0.253 e. The van der Waals surface area contributed by atoms with Crippen molar-refractivity contribution in [3.05, 3.63) is 23.0 Å². The van der Waals surface area contributed by atoms with Crippen molar-refractivity contribution in [3.8, 4) is 0 Å². The van der Waals surface area contributed by atoms with Gasteiger partial charge in [-0.15, -0.1) is 34.4 Å².